The highest BCUT2D eigenvalue weighted by atomic mass is 16.5. The standard InChI is InChI=1S/C15H17NO2/c1-17-12-9-6-10-13(18-2)14(12)15(16)11-7-4-3-5-8-11/h3-10,15H,16H2,1-2H3. The summed E-state index contributed by atoms with van der Waals surface area (Å²) in [5.74, 6) is 1.48. The number of methoxy groups -OCH3 is 2. The molecule has 2 rings (SSSR count). The van der Waals surface area contributed by atoms with Crippen molar-refractivity contribution in [3.05, 3.63) is 59.7 Å². The molecule has 2 N–H and O–H groups in total. The van der Waals surface area contributed by atoms with Gasteiger partial charge in [-0.05, 0) is 17.7 Å². The number of benzene rings is 2. The Morgan fingerprint density at radius 1 is 0.833 bits per heavy atom. The number of nitrogens with two attached hydrogens (primary N) is 1. The zero-order valence-electron chi connectivity index (χ0n) is 10.6. The van der Waals surface area contributed by atoms with Crippen LogP contribution in [0.5, 0.6) is 11.5 Å². The molecule has 1 unspecified atom stereocenters. The summed E-state index contributed by atoms with van der Waals surface area (Å²) in [5.41, 5.74) is 8.21. The van der Waals surface area contributed by atoms with E-state index in [0.717, 1.165) is 22.6 Å². The minimum atomic E-state index is -0.266. The van der Waals surface area contributed by atoms with Crippen molar-refractivity contribution in [2.24, 2.45) is 5.73 Å². The molecule has 0 fully saturated rings. The molecule has 3 heteroatoms. The van der Waals surface area contributed by atoms with E-state index >= 15 is 0 Å². The van der Waals surface area contributed by atoms with Crippen LogP contribution in [0, 0.1) is 0 Å². The van der Waals surface area contributed by atoms with E-state index in [1.54, 1.807) is 14.2 Å². The van der Waals surface area contributed by atoms with Gasteiger partial charge in [0.2, 0.25) is 0 Å². The Kier molecular flexibility index (Phi) is 3.85. The summed E-state index contributed by atoms with van der Waals surface area (Å²) in [4.78, 5) is 0. The van der Waals surface area contributed by atoms with Crippen LogP contribution in [-0.4, -0.2) is 14.2 Å². The van der Waals surface area contributed by atoms with Gasteiger partial charge in [0.15, 0.2) is 0 Å². The highest BCUT2D eigenvalue weighted by molar-refractivity contribution is 5.50. The van der Waals surface area contributed by atoms with Gasteiger partial charge in [-0.3, -0.25) is 0 Å². The second-order valence-corrected chi connectivity index (χ2v) is 3.96. The van der Waals surface area contributed by atoms with Gasteiger partial charge in [-0.1, -0.05) is 36.4 Å². The maximum Gasteiger partial charge on any atom is 0.127 e. The SMILES string of the molecule is COc1cccc(OC)c1C(N)c1ccccc1. The molecule has 2 aromatic carbocycles. The summed E-state index contributed by atoms with van der Waals surface area (Å²) in [6.45, 7) is 0. The van der Waals surface area contributed by atoms with Crippen molar-refractivity contribution in [3.63, 3.8) is 0 Å². The van der Waals surface area contributed by atoms with Crippen molar-refractivity contribution in [1.29, 1.82) is 0 Å². The molecule has 0 aliphatic heterocycles. The lowest BCUT2D eigenvalue weighted by molar-refractivity contribution is 0.382. The summed E-state index contributed by atoms with van der Waals surface area (Å²) in [7, 11) is 3.27. The van der Waals surface area contributed by atoms with E-state index < -0.39 is 0 Å². The Balaban J connectivity index is 2.49. The van der Waals surface area contributed by atoms with Crippen LogP contribution in [-0.2, 0) is 0 Å². The third-order valence-corrected chi connectivity index (χ3v) is 2.94. The lowest BCUT2D eigenvalue weighted by Crippen LogP contribution is -2.14. The molecule has 0 saturated heterocycles. The molecular weight excluding hydrogens is 226 g/mol. The van der Waals surface area contributed by atoms with E-state index in [4.69, 9.17) is 15.2 Å². The van der Waals surface area contributed by atoms with Crippen LogP contribution in [0.3, 0.4) is 0 Å². The van der Waals surface area contributed by atoms with Gasteiger partial charge in [0.05, 0.1) is 25.8 Å². The summed E-state index contributed by atoms with van der Waals surface area (Å²) in [6.07, 6.45) is 0. The van der Waals surface area contributed by atoms with Gasteiger partial charge in [-0.25, -0.2) is 0 Å². The summed E-state index contributed by atoms with van der Waals surface area (Å²) >= 11 is 0. The van der Waals surface area contributed by atoms with Crippen LogP contribution in [0.2, 0.25) is 0 Å². The van der Waals surface area contributed by atoms with Crippen molar-refractivity contribution in [2.45, 2.75) is 6.04 Å². The molecule has 18 heavy (non-hydrogen) atoms. The second kappa shape index (κ2) is 5.56. The number of hydrogen-bond acceptors (Lipinski definition) is 3. The van der Waals surface area contributed by atoms with Gasteiger partial charge < -0.3 is 15.2 Å². The Morgan fingerprint density at radius 3 is 1.89 bits per heavy atom. The van der Waals surface area contributed by atoms with E-state index in [1.807, 2.05) is 48.5 Å². The van der Waals surface area contributed by atoms with E-state index in [9.17, 15) is 0 Å². The van der Waals surface area contributed by atoms with Gasteiger partial charge in [-0.2, -0.15) is 0 Å². The molecule has 0 aliphatic rings. The van der Waals surface area contributed by atoms with E-state index in [1.165, 1.54) is 0 Å². The molecule has 0 bridgehead atoms. The summed E-state index contributed by atoms with van der Waals surface area (Å²) in [6, 6.07) is 15.3. The van der Waals surface area contributed by atoms with Crippen LogP contribution in [0.4, 0.5) is 0 Å². The molecule has 2 aromatic rings. The molecule has 3 nitrogen and oxygen atoms in total. The Bertz CT molecular complexity index is 489. The minimum absolute atomic E-state index is 0.266. The van der Waals surface area contributed by atoms with E-state index in [-0.39, 0.29) is 6.04 Å². The fraction of sp³-hybridized carbons (Fsp3) is 0.200. The molecule has 0 amide bonds. The van der Waals surface area contributed by atoms with Gasteiger partial charge >= 0.3 is 0 Å². The largest absolute Gasteiger partial charge is 0.496 e. The van der Waals surface area contributed by atoms with Crippen molar-refractivity contribution in [3.8, 4) is 11.5 Å². The average molecular weight is 243 g/mol. The monoisotopic (exact) mass is 243 g/mol. The maximum atomic E-state index is 6.31. The highest BCUT2D eigenvalue weighted by Gasteiger charge is 2.18. The smallest absolute Gasteiger partial charge is 0.127 e. The van der Waals surface area contributed by atoms with Gasteiger partial charge in [0.25, 0.3) is 0 Å². The molecule has 0 radical (unpaired) electrons. The van der Waals surface area contributed by atoms with E-state index in [2.05, 4.69) is 0 Å². The van der Waals surface area contributed by atoms with Crippen molar-refractivity contribution in [2.75, 3.05) is 14.2 Å². The van der Waals surface area contributed by atoms with Crippen LogP contribution in [0.1, 0.15) is 17.2 Å². The Labute approximate surface area is 107 Å². The third kappa shape index (κ3) is 2.31. The Morgan fingerprint density at radius 2 is 1.39 bits per heavy atom. The molecule has 0 aromatic heterocycles. The first-order valence-electron chi connectivity index (χ1n) is 5.79. The second-order valence-electron chi connectivity index (χ2n) is 3.96. The summed E-state index contributed by atoms with van der Waals surface area (Å²) in [5, 5.41) is 0. The zero-order valence-corrected chi connectivity index (χ0v) is 10.6. The van der Waals surface area contributed by atoms with Crippen LogP contribution < -0.4 is 15.2 Å². The topological polar surface area (TPSA) is 44.5 Å². The molecule has 1 atom stereocenters. The molecule has 0 aliphatic carbocycles. The number of hydrogen-bond donors (Lipinski definition) is 1. The van der Waals surface area contributed by atoms with E-state index in [0.29, 0.717) is 0 Å². The Hall–Kier alpha value is -2.00. The molecule has 94 valence electrons. The van der Waals surface area contributed by atoms with Crippen LogP contribution in [0.25, 0.3) is 0 Å². The van der Waals surface area contributed by atoms with Gasteiger partial charge in [-0.15, -0.1) is 0 Å². The van der Waals surface area contributed by atoms with Crippen molar-refractivity contribution in [1.82, 2.24) is 0 Å². The fourth-order valence-electron chi connectivity index (χ4n) is 2.01. The van der Waals surface area contributed by atoms with Crippen LogP contribution >= 0.6 is 0 Å². The highest BCUT2D eigenvalue weighted by Crippen LogP contribution is 2.35. The predicted molar refractivity (Wildman–Crippen MR) is 72.0 cm³/mol. The quantitative estimate of drug-likeness (QED) is 0.898. The van der Waals surface area contributed by atoms with Crippen LogP contribution in [0.15, 0.2) is 48.5 Å². The normalized spacial score (nSPS) is 11.9. The number of ether oxygens (including phenoxy) is 2. The van der Waals surface area contributed by atoms with Gasteiger partial charge in [0.1, 0.15) is 11.5 Å². The van der Waals surface area contributed by atoms with Crippen molar-refractivity contribution >= 4 is 0 Å². The lowest BCUT2D eigenvalue weighted by atomic mass is 9.98. The lowest BCUT2D eigenvalue weighted by Gasteiger charge is -2.19. The van der Waals surface area contributed by atoms with Crippen molar-refractivity contribution < 1.29 is 9.47 Å². The molecule has 0 spiro atoms. The van der Waals surface area contributed by atoms with Gasteiger partial charge in [0, 0.05) is 0 Å². The average Bonchev–Trinajstić information content (AvgIpc) is 2.46. The molecular formula is C15H17NO2. The first-order valence-corrected chi connectivity index (χ1v) is 5.79. The predicted octanol–water partition coefficient (Wildman–Crippen LogP) is 2.75. The fourth-order valence-corrected chi connectivity index (χ4v) is 2.01. The molecule has 0 saturated carbocycles. The summed E-state index contributed by atoms with van der Waals surface area (Å²) < 4.78 is 10.7. The first kappa shape index (κ1) is 12.5. The number of rotatable bonds is 4. The zero-order chi connectivity index (χ0) is 13.0. The first-order chi connectivity index (χ1) is 8.77. The molecule has 0 heterocycles. The minimum Gasteiger partial charge on any atom is -0.496 e. The third-order valence-electron chi connectivity index (χ3n) is 2.94. The maximum absolute atomic E-state index is 6.31.